The van der Waals surface area contributed by atoms with Crippen LogP contribution in [0.5, 0.6) is 0 Å². The molecule has 8 heteroatoms. The number of hydrogen-bond donors (Lipinski definition) is 1. The average Bonchev–Trinajstić information content (AvgIpc) is 2.83. The Bertz CT molecular complexity index is 634. The number of nitrogens with zero attached hydrogens (tertiary/aromatic N) is 4. The van der Waals surface area contributed by atoms with Crippen molar-refractivity contribution in [3.8, 4) is 0 Å². The van der Waals surface area contributed by atoms with Gasteiger partial charge < -0.3 is 0 Å². The van der Waals surface area contributed by atoms with E-state index in [4.69, 9.17) is 0 Å². The molecule has 0 atom stereocenters. The third kappa shape index (κ3) is 4.39. The fourth-order valence-corrected chi connectivity index (χ4v) is 3.66. The van der Waals surface area contributed by atoms with Gasteiger partial charge in [0.05, 0.1) is 5.69 Å². The number of aromatic nitrogens is 1. The molecule has 1 N–H and O–H groups in total. The monoisotopic (exact) mass is 349 g/mol. The zero-order chi connectivity index (χ0) is 16.9. The molecule has 1 aromatic rings. The molecule has 0 saturated carbocycles. The van der Waals surface area contributed by atoms with Gasteiger partial charge in [0.25, 0.3) is 5.91 Å². The van der Waals surface area contributed by atoms with E-state index in [2.05, 4.69) is 20.3 Å². The lowest BCUT2D eigenvalue weighted by Crippen LogP contribution is -2.34. The molecule has 0 unspecified atom stereocenters. The lowest BCUT2D eigenvalue weighted by atomic mass is 10.1. The summed E-state index contributed by atoms with van der Waals surface area (Å²) in [6, 6.07) is 0. The Morgan fingerprint density at radius 3 is 2.71 bits per heavy atom. The van der Waals surface area contributed by atoms with Crippen LogP contribution in [0, 0.1) is 0 Å². The first-order chi connectivity index (χ1) is 11.6. The SMILES string of the molecule is CN1N=C(C(=O)Nc2nc(CN3CCCCCC3)cs2)CCC1=O. The summed E-state index contributed by atoms with van der Waals surface area (Å²) in [4.78, 5) is 30.6. The van der Waals surface area contributed by atoms with Crippen LogP contribution < -0.4 is 5.32 Å². The van der Waals surface area contributed by atoms with Gasteiger partial charge in [-0.3, -0.25) is 19.8 Å². The molecular weight excluding hydrogens is 326 g/mol. The van der Waals surface area contributed by atoms with Crippen LogP contribution in [0.2, 0.25) is 0 Å². The molecule has 2 aliphatic heterocycles. The summed E-state index contributed by atoms with van der Waals surface area (Å²) in [6.07, 6.45) is 5.82. The van der Waals surface area contributed by atoms with Crippen LogP contribution in [-0.2, 0) is 16.1 Å². The minimum absolute atomic E-state index is 0.0689. The highest BCUT2D eigenvalue weighted by Crippen LogP contribution is 2.19. The van der Waals surface area contributed by atoms with Gasteiger partial charge in [0, 0.05) is 31.8 Å². The van der Waals surface area contributed by atoms with Gasteiger partial charge in [-0.1, -0.05) is 12.8 Å². The molecule has 0 radical (unpaired) electrons. The Morgan fingerprint density at radius 2 is 2.00 bits per heavy atom. The van der Waals surface area contributed by atoms with E-state index in [-0.39, 0.29) is 11.8 Å². The maximum atomic E-state index is 12.2. The highest BCUT2D eigenvalue weighted by atomic mass is 32.1. The van der Waals surface area contributed by atoms with E-state index >= 15 is 0 Å². The predicted molar refractivity (Wildman–Crippen MR) is 93.9 cm³/mol. The van der Waals surface area contributed by atoms with E-state index < -0.39 is 0 Å². The van der Waals surface area contributed by atoms with Crippen molar-refractivity contribution in [3.63, 3.8) is 0 Å². The van der Waals surface area contributed by atoms with Crippen LogP contribution in [0.1, 0.15) is 44.2 Å². The molecule has 1 fully saturated rings. The first-order valence-corrected chi connectivity index (χ1v) is 9.32. The van der Waals surface area contributed by atoms with Gasteiger partial charge in [-0.25, -0.2) is 9.99 Å². The fraction of sp³-hybridized carbons (Fsp3) is 0.625. The van der Waals surface area contributed by atoms with Gasteiger partial charge in [-0.2, -0.15) is 5.10 Å². The van der Waals surface area contributed by atoms with E-state index in [0.29, 0.717) is 23.7 Å². The number of hydrazone groups is 1. The number of anilines is 1. The van der Waals surface area contributed by atoms with E-state index in [1.165, 1.54) is 42.0 Å². The Labute approximate surface area is 145 Å². The molecule has 0 aliphatic carbocycles. The number of hydrogen-bond acceptors (Lipinski definition) is 6. The summed E-state index contributed by atoms with van der Waals surface area (Å²) >= 11 is 1.43. The van der Waals surface area contributed by atoms with Gasteiger partial charge in [0.2, 0.25) is 5.91 Å². The van der Waals surface area contributed by atoms with E-state index in [1.54, 1.807) is 7.05 Å². The van der Waals surface area contributed by atoms with Crippen LogP contribution in [-0.4, -0.2) is 52.6 Å². The Kier molecular flexibility index (Phi) is 5.57. The molecule has 0 bridgehead atoms. The van der Waals surface area contributed by atoms with Crippen molar-refractivity contribution < 1.29 is 9.59 Å². The third-order valence-corrected chi connectivity index (χ3v) is 5.13. The molecule has 2 amide bonds. The highest BCUT2D eigenvalue weighted by Gasteiger charge is 2.22. The van der Waals surface area contributed by atoms with Crippen molar-refractivity contribution in [2.45, 2.75) is 45.1 Å². The minimum Gasteiger partial charge on any atom is -0.297 e. The van der Waals surface area contributed by atoms with Gasteiger partial charge in [-0.05, 0) is 25.9 Å². The number of nitrogens with one attached hydrogen (secondary N) is 1. The molecule has 3 heterocycles. The molecule has 24 heavy (non-hydrogen) atoms. The van der Waals surface area contributed by atoms with Crippen LogP contribution in [0.3, 0.4) is 0 Å². The minimum atomic E-state index is -0.273. The molecule has 2 aliphatic rings. The Morgan fingerprint density at radius 1 is 1.25 bits per heavy atom. The molecule has 1 saturated heterocycles. The van der Waals surface area contributed by atoms with Crippen LogP contribution in [0.25, 0.3) is 0 Å². The van der Waals surface area contributed by atoms with Crippen molar-refractivity contribution in [2.24, 2.45) is 5.10 Å². The first-order valence-electron chi connectivity index (χ1n) is 8.44. The second-order valence-electron chi connectivity index (χ2n) is 6.25. The summed E-state index contributed by atoms with van der Waals surface area (Å²) in [5.41, 5.74) is 1.37. The Balaban J connectivity index is 1.56. The lowest BCUT2D eigenvalue weighted by molar-refractivity contribution is -0.130. The summed E-state index contributed by atoms with van der Waals surface area (Å²) in [5, 5.41) is 10.6. The molecule has 7 nitrogen and oxygen atoms in total. The normalized spacial score (nSPS) is 19.8. The van der Waals surface area contributed by atoms with Crippen molar-refractivity contribution in [2.75, 3.05) is 25.5 Å². The number of likely N-dealkylation sites (tertiary alicyclic amines) is 1. The average molecular weight is 349 g/mol. The molecule has 1 aromatic heterocycles. The third-order valence-electron chi connectivity index (χ3n) is 4.33. The van der Waals surface area contributed by atoms with Crippen molar-refractivity contribution in [1.29, 1.82) is 0 Å². The number of amides is 2. The largest absolute Gasteiger partial charge is 0.297 e. The number of carbonyl (C=O) groups excluding carboxylic acids is 2. The molecule has 0 spiro atoms. The smallest absolute Gasteiger partial charge is 0.273 e. The van der Waals surface area contributed by atoms with Crippen LogP contribution >= 0.6 is 11.3 Å². The standard InChI is InChI=1S/C16H23N5O2S/c1-20-14(22)7-6-13(19-20)15(23)18-16-17-12(11-24-16)10-21-8-4-2-3-5-9-21/h11H,2-10H2,1H3,(H,17,18,23). The van der Waals surface area contributed by atoms with Gasteiger partial charge in [-0.15, -0.1) is 11.3 Å². The fourth-order valence-electron chi connectivity index (χ4n) is 2.96. The molecule has 130 valence electrons. The van der Waals surface area contributed by atoms with Crippen molar-refractivity contribution in [1.82, 2.24) is 14.9 Å². The first kappa shape index (κ1) is 17.0. The summed E-state index contributed by atoms with van der Waals surface area (Å²) < 4.78 is 0. The maximum Gasteiger partial charge on any atom is 0.273 e. The van der Waals surface area contributed by atoms with Gasteiger partial charge in [0.1, 0.15) is 5.71 Å². The highest BCUT2D eigenvalue weighted by molar-refractivity contribution is 7.14. The van der Waals surface area contributed by atoms with Gasteiger partial charge in [0.15, 0.2) is 5.13 Å². The maximum absolute atomic E-state index is 12.2. The van der Waals surface area contributed by atoms with E-state index in [9.17, 15) is 9.59 Å². The van der Waals surface area contributed by atoms with Crippen molar-refractivity contribution in [3.05, 3.63) is 11.1 Å². The summed E-state index contributed by atoms with van der Waals surface area (Å²) in [6.45, 7) is 3.08. The predicted octanol–water partition coefficient (Wildman–Crippen LogP) is 2.07. The lowest BCUT2D eigenvalue weighted by Gasteiger charge is -2.18. The summed E-state index contributed by atoms with van der Waals surface area (Å²) in [7, 11) is 1.57. The Hall–Kier alpha value is -1.80. The second-order valence-corrected chi connectivity index (χ2v) is 7.11. The van der Waals surface area contributed by atoms with Crippen LogP contribution in [0.15, 0.2) is 10.5 Å². The van der Waals surface area contributed by atoms with Gasteiger partial charge >= 0.3 is 0 Å². The topological polar surface area (TPSA) is 77.9 Å². The zero-order valence-corrected chi connectivity index (χ0v) is 14.8. The quantitative estimate of drug-likeness (QED) is 0.902. The molecule has 3 rings (SSSR count). The van der Waals surface area contributed by atoms with E-state index in [0.717, 1.165) is 25.3 Å². The zero-order valence-electron chi connectivity index (χ0n) is 14.0. The molecule has 0 aromatic carbocycles. The number of rotatable bonds is 4. The second kappa shape index (κ2) is 7.85. The van der Waals surface area contributed by atoms with Crippen molar-refractivity contribution >= 4 is 34.0 Å². The summed E-state index contributed by atoms with van der Waals surface area (Å²) in [5.74, 6) is -0.342. The number of thiazole rings is 1. The van der Waals surface area contributed by atoms with Crippen LogP contribution in [0.4, 0.5) is 5.13 Å². The number of carbonyl (C=O) groups is 2. The molecular formula is C16H23N5O2S. The van der Waals surface area contributed by atoms with E-state index in [1.807, 2.05) is 5.38 Å².